The van der Waals surface area contributed by atoms with Crippen molar-refractivity contribution in [1.82, 2.24) is 15.8 Å². The van der Waals surface area contributed by atoms with Crippen molar-refractivity contribution >= 4 is 34.6 Å². The number of carbonyl (C=O) groups excluding carboxylic acids is 1. The molecule has 4 N–H and O–H groups in total. The van der Waals surface area contributed by atoms with Gasteiger partial charge in [0.05, 0.1) is 36.1 Å². The molecule has 0 aromatic heterocycles. The van der Waals surface area contributed by atoms with Crippen LogP contribution in [0.3, 0.4) is 0 Å². The van der Waals surface area contributed by atoms with Crippen LogP contribution in [-0.4, -0.2) is 60.8 Å². The number of piperazine rings is 1. The second kappa shape index (κ2) is 9.58. The Morgan fingerprint density at radius 3 is 2.85 bits per heavy atom. The van der Waals surface area contributed by atoms with Gasteiger partial charge in [-0.2, -0.15) is 0 Å². The van der Waals surface area contributed by atoms with Crippen molar-refractivity contribution in [2.75, 3.05) is 48.1 Å². The summed E-state index contributed by atoms with van der Waals surface area (Å²) in [5.74, 6) is -0.265. The molecule has 3 aliphatic rings. The Bertz CT molecular complexity index is 1070. The molecule has 2 fully saturated rings. The van der Waals surface area contributed by atoms with Gasteiger partial charge in [0.15, 0.2) is 0 Å². The van der Waals surface area contributed by atoms with Crippen molar-refractivity contribution in [3.05, 3.63) is 52.8 Å². The largest absolute Gasteiger partial charge is 0.394 e. The second-order valence-corrected chi connectivity index (χ2v) is 9.55. The summed E-state index contributed by atoms with van der Waals surface area (Å²) in [5, 5.41) is 15.6. The molecular formula is C24H30ClFN6O2. The molecule has 3 aliphatic heterocycles. The Morgan fingerprint density at radius 1 is 1.26 bits per heavy atom. The van der Waals surface area contributed by atoms with E-state index in [0.29, 0.717) is 30.2 Å². The summed E-state index contributed by atoms with van der Waals surface area (Å²) in [6.07, 6.45) is 1.86. The van der Waals surface area contributed by atoms with Gasteiger partial charge in [0.1, 0.15) is 5.82 Å². The van der Waals surface area contributed by atoms with Crippen molar-refractivity contribution in [2.45, 2.75) is 37.9 Å². The van der Waals surface area contributed by atoms with E-state index in [-0.39, 0.29) is 36.5 Å². The zero-order chi connectivity index (χ0) is 23.8. The number of amides is 1. The fraction of sp³-hybridized carbons (Fsp3) is 0.458. The van der Waals surface area contributed by atoms with Crippen molar-refractivity contribution in [2.24, 2.45) is 0 Å². The van der Waals surface area contributed by atoms with Crippen LogP contribution < -0.4 is 26.2 Å². The molecule has 0 aliphatic carbocycles. The molecule has 2 aromatic carbocycles. The SMILES string of the molecule is C[C@H](c1ccc(Cl)cc1F)N1NNc2ccc(N3CCN(C(=O)[C@H]4CCCN4)[C@H](CO)C3)cc21. The number of nitrogens with zero attached hydrogens (tertiary/aromatic N) is 3. The van der Waals surface area contributed by atoms with Crippen LogP contribution in [0.5, 0.6) is 0 Å². The molecule has 0 bridgehead atoms. The van der Waals surface area contributed by atoms with E-state index in [9.17, 15) is 14.3 Å². The van der Waals surface area contributed by atoms with Crippen molar-refractivity contribution < 1.29 is 14.3 Å². The van der Waals surface area contributed by atoms with Gasteiger partial charge in [0, 0.05) is 35.9 Å². The number of nitrogens with one attached hydrogen (secondary N) is 3. The van der Waals surface area contributed by atoms with E-state index in [1.54, 1.807) is 12.1 Å². The third-order valence-electron chi connectivity index (χ3n) is 7.05. The Balaban J connectivity index is 1.34. The van der Waals surface area contributed by atoms with Crippen molar-refractivity contribution in [3.63, 3.8) is 0 Å². The number of aliphatic hydroxyl groups is 1. The number of benzene rings is 2. The van der Waals surface area contributed by atoms with Crippen LogP contribution in [0.1, 0.15) is 31.4 Å². The summed E-state index contributed by atoms with van der Waals surface area (Å²) in [4.78, 5) is 17.0. The number of rotatable bonds is 5. The highest BCUT2D eigenvalue weighted by Crippen LogP contribution is 2.39. The smallest absolute Gasteiger partial charge is 0.240 e. The molecule has 2 aromatic rings. The van der Waals surface area contributed by atoms with Crippen LogP contribution in [0.4, 0.5) is 21.5 Å². The monoisotopic (exact) mass is 488 g/mol. The van der Waals surface area contributed by atoms with E-state index in [2.05, 4.69) is 27.2 Å². The lowest BCUT2D eigenvalue weighted by molar-refractivity contribution is -0.136. The lowest BCUT2D eigenvalue weighted by Crippen LogP contribution is -2.59. The Hall–Kier alpha value is -2.59. The summed E-state index contributed by atoms with van der Waals surface area (Å²) in [5.41, 5.74) is 9.59. The first-order valence-electron chi connectivity index (χ1n) is 11.8. The van der Waals surface area contributed by atoms with Gasteiger partial charge in [0.25, 0.3) is 0 Å². The van der Waals surface area contributed by atoms with Gasteiger partial charge in [-0.1, -0.05) is 17.7 Å². The lowest BCUT2D eigenvalue weighted by Gasteiger charge is -2.42. The third kappa shape index (κ3) is 4.29. The average molecular weight is 489 g/mol. The summed E-state index contributed by atoms with van der Waals surface area (Å²) >= 11 is 5.93. The molecule has 0 unspecified atom stereocenters. The summed E-state index contributed by atoms with van der Waals surface area (Å²) in [6, 6.07) is 10.1. The van der Waals surface area contributed by atoms with Crippen molar-refractivity contribution in [3.8, 4) is 0 Å². The molecule has 0 spiro atoms. The van der Waals surface area contributed by atoms with Crippen LogP contribution in [0.2, 0.25) is 5.02 Å². The molecule has 182 valence electrons. The molecular weight excluding hydrogens is 459 g/mol. The minimum Gasteiger partial charge on any atom is -0.394 e. The Morgan fingerprint density at radius 2 is 2.12 bits per heavy atom. The summed E-state index contributed by atoms with van der Waals surface area (Å²) in [6.45, 7) is 4.50. The highest BCUT2D eigenvalue weighted by Gasteiger charge is 2.35. The molecule has 3 heterocycles. The van der Waals surface area contributed by atoms with Crippen LogP contribution >= 0.6 is 11.6 Å². The number of halogens is 2. The van der Waals surface area contributed by atoms with E-state index in [1.807, 2.05) is 29.0 Å². The predicted molar refractivity (Wildman–Crippen MR) is 131 cm³/mol. The highest BCUT2D eigenvalue weighted by atomic mass is 35.5. The quantitative estimate of drug-likeness (QED) is 0.515. The van der Waals surface area contributed by atoms with Crippen molar-refractivity contribution in [1.29, 1.82) is 0 Å². The van der Waals surface area contributed by atoms with Gasteiger partial charge in [-0.05, 0) is 56.6 Å². The maximum atomic E-state index is 14.6. The number of fused-ring (bicyclic) bond motifs is 1. The first-order chi connectivity index (χ1) is 16.5. The van der Waals surface area contributed by atoms with E-state index >= 15 is 0 Å². The lowest BCUT2D eigenvalue weighted by atomic mass is 10.1. The minimum absolute atomic E-state index is 0.0813. The number of anilines is 3. The average Bonchev–Trinajstić information content (AvgIpc) is 3.53. The fourth-order valence-corrected chi connectivity index (χ4v) is 5.28. The first-order valence-corrected chi connectivity index (χ1v) is 12.1. The first kappa shape index (κ1) is 23.2. The molecule has 0 radical (unpaired) electrons. The van der Waals surface area contributed by atoms with Gasteiger partial charge < -0.3 is 25.6 Å². The maximum absolute atomic E-state index is 14.6. The van der Waals surface area contributed by atoms with Gasteiger partial charge in [-0.3, -0.25) is 9.80 Å². The molecule has 2 saturated heterocycles. The summed E-state index contributed by atoms with van der Waals surface area (Å²) < 4.78 is 14.6. The van der Waals surface area contributed by atoms with Crippen LogP contribution in [-0.2, 0) is 4.79 Å². The van der Waals surface area contributed by atoms with Gasteiger partial charge >= 0.3 is 0 Å². The standard InChI is InChI=1S/C24H30ClFN6O2/c1-15(19-6-4-16(25)11-20(19)26)32-23-12-17(5-7-21(23)28-29-32)30-9-10-31(18(13-30)14-33)24(34)22-3-2-8-27-22/h4-7,11-12,15,18,22,27-29,33H,2-3,8-10,13-14H2,1H3/t15-,18+,22-/m1/s1. The van der Waals surface area contributed by atoms with Gasteiger partial charge in [-0.15, -0.1) is 5.53 Å². The summed E-state index contributed by atoms with van der Waals surface area (Å²) in [7, 11) is 0. The Kier molecular flexibility index (Phi) is 6.52. The van der Waals surface area contributed by atoms with Crippen LogP contribution in [0.15, 0.2) is 36.4 Å². The number of hydrogen-bond donors (Lipinski definition) is 4. The normalized spacial score (nSPS) is 23.1. The van der Waals surface area contributed by atoms with Gasteiger partial charge in [0.2, 0.25) is 5.91 Å². The molecule has 3 atom stereocenters. The van der Waals surface area contributed by atoms with E-state index in [0.717, 1.165) is 36.4 Å². The van der Waals surface area contributed by atoms with E-state index in [4.69, 9.17) is 11.6 Å². The number of hydrazine groups is 2. The number of hydrogen-bond acceptors (Lipinski definition) is 7. The molecule has 5 rings (SSSR count). The second-order valence-electron chi connectivity index (χ2n) is 9.11. The zero-order valence-corrected chi connectivity index (χ0v) is 19.9. The molecule has 8 nitrogen and oxygen atoms in total. The minimum atomic E-state index is -0.352. The Labute approximate surface area is 203 Å². The topological polar surface area (TPSA) is 83.1 Å². The predicted octanol–water partition coefficient (Wildman–Crippen LogP) is 2.65. The third-order valence-corrected chi connectivity index (χ3v) is 7.29. The molecule has 1 amide bonds. The molecule has 10 heteroatoms. The van der Waals surface area contributed by atoms with E-state index < -0.39 is 0 Å². The van der Waals surface area contributed by atoms with E-state index in [1.165, 1.54) is 6.07 Å². The number of aliphatic hydroxyl groups excluding tert-OH is 1. The maximum Gasteiger partial charge on any atom is 0.240 e. The van der Waals surface area contributed by atoms with Crippen LogP contribution in [0, 0.1) is 5.82 Å². The van der Waals surface area contributed by atoms with Crippen LogP contribution in [0.25, 0.3) is 0 Å². The zero-order valence-electron chi connectivity index (χ0n) is 19.1. The molecule has 0 saturated carbocycles. The number of carbonyl (C=O) groups is 1. The highest BCUT2D eigenvalue weighted by molar-refractivity contribution is 6.30. The van der Waals surface area contributed by atoms with Gasteiger partial charge in [-0.25, -0.2) is 4.39 Å². The fourth-order valence-electron chi connectivity index (χ4n) is 5.12. The molecule has 34 heavy (non-hydrogen) atoms.